The van der Waals surface area contributed by atoms with Crippen molar-refractivity contribution in [3.8, 4) is 0 Å². The molecule has 0 fully saturated rings. The van der Waals surface area contributed by atoms with Crippen LogP contribution in [0.1, 0.15) is 0 Å². The van der Waals surface area contributed by atoms with Crippen LogP contribution >= 0.6 is 32.3 Å². The second-order valence-electron chi connectivity index (χ2n) is 1.12. The fourth-order valence-electron chi connectivity index (χ4n) is 0.313. The van der Waals surface area contributed by atoms with Crippen molar-refractivity contribution >= 4 is 32.3 Å². The largest absolute Gasteiger partial charge is 0.139 e. The van der Waals surface area contributed by atoms with Crippen LogP contribution in [0.25, 0.3) is 0 Å². The number of hydrogen-bond donors (Lipinski definition) is 1. The maximum Gasteiger partial charge on any atom is 0.133 e. The van der Waals surface area contributed by atoms with E-state index in [0.717, 1.165) is 5.03 Å². The molecule has 1 rings (SSSR count). The zero-order valence-electron chi connectivity index (χ0n) is 4.26. The molecule has 0 aliphatic carbocycles. The molecule has 0 aromatic carbocycles. The summed E-state index contributed by atoms with van der Waals surface area (Å²) in [5, 5.41) is 11.5. The van der Waals surface area contributed by atoms with Gasteiger partial charge in [0, 0.05) is 0 Å². The van der Waals surface area contributed by atoms with Crippen molar-refractivity contribution in [2.45, 2.75) is 5.03 Å². The fourth-order valence-corrected chi connectivity index (χ4v) is 1.76. The van der Waals surface area contributed by atoms with Gasteiger partial charge in [-0.15, -0.1) is 10.2 Å². The molecule has 0 bridgehead atoms. The molecule has 1 aromatic heterocycles. The Bertz CT molecular complexity index is 167. The topological polar surface area (TPSA) is 38.7 Å². The maximum absolute atomic E-state index is 3.92. The van der Waals surface area contributed by atoms with Crippen LogP contribution in [0.5, 0.6) is 0 Å². The van der Waals surface area contributed by atoms with E-state index >= 15 is 0 Å². The minimum atomic E-state index is 0.824. The van der Waals surface area contributed by atoms with E-state index in [1.807, 2.05) is 0 Å². The molecule has 0 unspecified atom stereocenters. The average Bonchev–Trinajstić information content (AvgIpc) is 1.91. The van der Waals surface area contributed by atoms with Crippen LogP contribution in [0.15, 0.2) is 17.3 Å². The van der Waals surface area contributed by atoms with E-state index in [0.29, 0.717) is 0 Å². The summed E-state index contributed by atoms with van der Waals surface area (Å²) in [6, 6.07) is 1.78. The van der Waals surface area contributed by atoms with E-state index in [4.69, 9.17) is 0 Å². The SMILES string of the molecule is SSSc1ccnnn1. The quantitative estimate of drug-likeness (QED) is 0.547. The lowest BCUT2D eigenvalue weighted by Gasteiger charge is -1.88. The highest BCUT2D eigenvalue weighted by Crippen LogP contribution is 2.30. The summed E-state index contributed by atoms with van der Waals surface area (Å²) >= 11 is 3.92. The van der Waals surface area contributed by atoms with Gasteiger partial charge in [0.05, 0.1) is 6.20 Å². The lowest BCUT2D eigenvalue weighted by atomic mass is 10.7. The Kier molecular flexibility index (Phi) is 3.16. The van der Waals surface area contributed by atoms with Gasteiger partial charge >= 0.3 is 0 Å². The van der Waals surface area contributed by atoms with Crippen LogP contribution in [0.2, 0.25) is 0 Å². The first-order chi connectivity index (χ1) is 4.43. The van der Waals surface area contributed by atoms with Gasteiger partial charge in [-0.05, 0) is 31.9 Å². The van der Waals surface area contributed by atoms with Crippen molar-refractivity contribution in [2.24, 2.45) is 0 Å². The zero-order chi connectivity index (χ0) is 6.53. The first kappa shape index (κ1) is 7.17. The maximum atomic E-state index is 3.92. The molecule has 9 heavy (non-hydrogen) atoms. The third kappa shape index (κ3) is 2.42. The van der Waals surface area contributed by atoms with E-state index in [1.165, 1.54) is 20.6 Å². The van der Waals surface area contributed by atoms with E-state index in [2.05, 4.69) is 27.1 Å². The summed E-state index contributed by atoms with van der Waals surface area (Å²) in [6.07, 6.45) is 1.60. The summed E-state index contributed by atoms with van der Waals surface area (Å²) in [6.45, 7) is 0. The molecular weight excluding hydrogens is 174 g/mol. The van der Waals surface area contributed by atoms with Crippen LogP contribution in [0.3, 0.4) is 0 Å². The van der Waals surface area contributed by atoms with Crippen molar-refractivity contribution in [2.75, 3.05) is 0 Å². The molecule has 0 saturated heterocycles. The van der Waals surface area contributed by atoms with Crippen molar-refractivity contribution in [3.05, 3.63) is 12.3 Å². The lowest BCUT2D eigenvalue weighted by Crippen LogP contribution is -1.84. The first-order valence-electron chi connectivity index (χ1n) is 2.06. The fraction of sp³-hybridized carbons (Fsp3) is 0. The molecule has 0 N–H and O–H groups in total. The Morgan fingerprint density at radius 1 is 1.56 bits per heavy atom. The van der Waals surface area contributed by atoms with Gasteiger partial charge < -0.3 is 0 Å². The van der Waals surface area contributed by atoms with E-state index in [9.17, 15) is 0 Å². The number of nitrogens with zero attached hydrogens (tertiary/aromatic N) is 3. The molecule has 0 radical (unpaired) electrons. The molecule has 0 aliphatic rings. The molecule has 1 heterocycles. The van der Waals surface area contributed by atoms with Crippen molar-refractivity contribution in [1.29, 1.82) is 0 Å². The predicted molar refractivity (Wildman–Crippen MR) is 42.3 cm³/mol. The summed E-state index contributed by atoms with van der Waals surface area (Å²) < 4.78 is 0. The van der Waals surface area contributed by atoms with Crippen molar-refractivity contribution < 1.29 is 0 Å². The van der Waals surface area contributed by atoms with E-state index in [-0.39, 0.29) is 0 Å². The zero-order valence-corrected chi connectivity index (χ0v) is 6.79. The summed E-state index contributed by atoms with van der Waals surface area (Å²) in [5.74, 6) is 0. The molecule has 0 atom stereocenters. The Labute approximate surface area is 65.2 Å². The minimum absolute atomic E-state index is 0.824. The van der Waals surface area contributed by atoms with Crippen LogP contribution in [-0.2, 0) is 0 Å². The molecule has 0 aliphatic heterocycles. The third-order valence-electron chi connectivity index (χ3n) is 0.601. The molecule has 0 spiro atoms. The lowest BCUT2D eigenvalue weighted by molar-refractivity contribution is 0.806. The molecule has 3 nitrogen and oxygen atoms in total. The summed E-state index contributed by atoms with van der Waals surface area (Å²) in [4.78, 5) is 0. The number of hydrogen-bond acceptors (Lipinski definition) is 6. The van der Waals surface area contributed by atoms with Gasteiger partial charge in [-0.2, -0.15) is 0 Å². The first-order valence-corrected chi connectivity index (χ1v) is 5.26. The standard InChI is InChI=1S/C3H3N3S3/c7-9-8-3-1-2-4-6-5-3/h1-2,7H. The van der Waals surface area contributed by atoms with Gasteiger partial charge in [-0.1, -0.05) is 11.7 Å². The highest BCUT2D eigenvalue weighted by molar-refractivity contribution is 9.05. The number of rotatable bonds is 2. The van der Waals surface area contributed by atoms with Gasteiger partial charge in [0.25, 0.3) is 0 Å². The highest BCUT2D eigenvalue weighted by atomic mass is 33.5. The number of thiol groups is 1. The predicted octanol–water partition coefficient (Wildman–Crippen LogP) is 1.46. The monoisotopic (exact) mass is 177 g/mol. The second-order valence-corrected chi connectivity index (χ2v) is 4.14. The van der Waals surface area contributed by atoms with Crippen LogP contribution in [-0.4, -0.2) is 15.4 Å². The van der Waals surface area contributed by atoms with Crippen LogP contribution in [0, 0.1) is 0 Å². The molecule has 0 amide bonds. The second kappa shape index (κ2) is 3.97. The van der Waals surface area contributed by atoms with Gasteiger partial charge in [-0.25, -0.2) is 0 Å². The molecule has 0 saturated carbocycles. The Morgan fingerprint density at radius 2 is 2.44 bits per heavy atom. The summed E-state index contributed by atoms with van der Waals surface area (Å²) in [7, 11) is 2.78. The van der Waals surface area contributed by atoms with Crippen LogP contribution < -0.4 is 0 Å². The molecular formula is C3H3N3S3. The van der Waals surface area contributed by atoms with Gasteiger partial charge in [0.2, 0.25) is 0 Å². The van der Waals surface area contributed by atoms with E-state index in [1.54, 1.807) is 12.3 Å². The third-order valence-corrected chi connectivity index (χ3v) is 2.47. The highest BCUT2D eigenvalue weighted by Gasteiger charge is 1.90. The molecule has 48 valence electrons. The molecule has 6 heteroatoms. The average molecular weight is 177 g/mol. The Hall–Kier alpha value is 0.0600. The normalized spacial score (nSPS) is 9.44. The Morgan fingerprint density at radius 3 is 3.00 bits per heavy atom. The number of aromatic nitrogens is 3. The minimum Gasteiger partial charge on any atom is -0.139 e. The van der Waals surface area contributed by atoms with Gasteiger partial charge in [0.15, 0.2) is 0 Å². The molecule has 1 aromatic rings. The van der Waals surface area contributed by atoms with Gasteiger partial charge in [0.1, 0.15) is 5.03 Å². The van der Waals surface area contributed by atoms with Crippen molar-refractivity contribution in [3.63, 3.8) is 0 Å². The van der Waals surface area contributed by atoms with Crippen LogP contribution in [0.4, 0.5) is 0 Å². The summed E-state index contributed by atoms with van der Waals surface area (Å²) in [5.41, 5.74) is 0. The van der Waals surface area contributed by atoms with Crippen molar-refractivity contribution in [1.82, 2.24) is 15.4 Å². The smallest absolute Gasteiger partial charge is 0.133 e. The Balaban J connectivity index is 2.61. The van der Waals surface area contributed by atoms with Gasteiger partial charge in [-0.3, -0.25) is 0 Å². The van der Waals surface area contributed by atoms with E-state index < -0.39 is 0 Å².